The molecule has 2 aliphatic rings. The lowest BCUT2D eigenvalue weighted by molar-refractivity contribution is 0.171. The van der Waals surface area contributed by atoms with E-state index in [0.29, 0.717) is 13.2 Å². The summed E-state index contributed by atoms with van der Waals surface area (Å²) >= 11 is 0. The lowest BCUT2D eigenvalue weighted by atomic mass is 10.2. The van der Waals surface area contributed by atoms with Crippen LogP contribution in [0.2, 0.25) is 0 Å². The number of para-hydroxylation sites is 2. The number of aryl methyl sites for hydroxylation is 1. The van der Waals surface area contributed by atoms with Crippen molar-refractivity contribution in [1.82, 2.24) is 14.5 Å². The number of unbranched alkanes of at least 4 members (excludes halogenated alkanes) is 1. The second kappa shape index (κ2) is 8.33. The van der Waals surface area contributed by atoms with Crippen molar-refractivity contribution in [2.24, 2.45) is 0 Å². The van der Waals surface area contributed by atoms with E-state index < -0.39 is 0 Å². The first-order chi connectivity index (χ1) is 14.4. The predicted molar refractivity (Wildman–Crippen MR) is 115 cm³/mol. The molecule has 152 valence electrons. The third-order valence-corrected chi connectivity index (χ3v) is 5.91. The molecule has 3 aromatic rings. The van der Waals surface area contributed by atoms with E-state index in [1.165, 1.54) is 30.6 Å². The van der Waals surface area contributed by atoms with Crippen LogP contribution in [0.15, 0.2) is 48.8 Å². The fourth-order valence-electron chi connectivity index (χ4n) is 4.26. The Morgan fingerprint density at radius 3 is 2.52 bits per heavy atom. The summed E-state index contributed by atoms with van der Waals surface area (Å²) in [5, 5.41) is 0. The Labute approximate surface area is 171 Å². The van der Waals surface area contributed by atoms with E-state index in [4.69, 9.17) is 9.47 Å². The highest BCUT2D eigenvalue weighted by Crippen LogP contribution is 2.34. The van der Waals surface area contributed by atoms with Crippen LogP contribution in [-0.4, -0.2) is 60.4 Å². The van der Waals surface area contributed by atoms with Crippen molar-refractivity contribution in [3.05, 3.63) is 48.8 Å². The van der Waals surface area contributed by atoms with Gasteiger partial charge in [-0.25, -0.2) is 4.98 Å². The zero-order chi connectivity index (χ0) is 19.5. The highest BCUT2D eigenvalue weighted by atomic mass is 16.6. The minimum absolute atomic E-state index is 0.638. The third kappa shape index (κ3) is 4.03. The number of imidazole rings is 1. The van der Waals surface area contributed by atoms with Gasteiger partial charge in [-0.05, 0) is 43.7 Å². The van der Waals surface area contributed by atoms with Gasteiger partial charge in [0.15, 0.2) is 11.5 Å². The minimum atomic E-state index is 0.638. The van der Waals surface area contributed by atoms with E-state index in [9.17, 15) is 0 Å². The Morgan fingerprint density at radius 1 is 0.828 bits per heavy atom. The molecule has 0 unspecified atom stereocenters. The predicted octanol–water partition coefficient (Wildman–Crippen LogP) is 3.41. The Kier molecular flexibility index (Phi) is 5.26. The number of benzene rings is 2. The molecule has 1 saturated heterocycles. The molecular weight excluding hydrogens is 364 g/mol. The zero-order valence-electron chi connectivity index (χ0n) is 16.8. The lowest BCUT2D eigenvalue weighted by Crippen LogP contribution is -2.46. The van der Waals surface area contributed by atoms with Gasteiger partial charge in [-0.2, -0.15) is 0 Å². The van der Waals surface area contributed by atoms with Crippen molar-refractivity contribution in [3.8, 4) is 11.5 Å². The van der Waals surface area contributed by atoms with Crippen molar-refractivity contribution in [3.63, 3.8) is 0 Å². The summed E-state index contributed by atoms with van der Waals surface area (Å²) in [7, 11) is 0. The molecule has 6 nitrogen and oxygen atoms in total. The van der Waals surface area contributed by atoms with E-state index in [-0.39, 0.29) is 0 Å². The van der Waals surface area contributed by atoms with Crippen molar-refractivity contribution >= 4 is 16.7 Å². The van der Waals surface area contributed by atoms with E-state index in [0.717, 1.165) is 49.7 Å². The Bertz CT molecular complexity index is 962. The normalized spacial score (nSPS) is 17.0. The summed E-state index contributed by atoms with van der Waals surface area (Å²) in [6.07, 6.45) is 4.37. The number of piperazine rings is 1. The summed E-state index contributed by atoms with van der Waals surface area (Å²) in [6, 6.07) is 14.7. The third-order valence-electron chi connectivity index (χ3n) is 5.91. The van der Waals surface area contributed by atoms with Crippen LogP contribution < -0.4 is 14.4 Å². The lowest BCUT2D eigenvalue weighted by Gasteiger charge is -2.36. The maximum atomic E-state index is 5.73. The smallest absolute Gasteiger partial charge is 0.163 e. The second-order valence-corrected chi connectivity index (χ2v) is 7.79. The maximum absolute atomic E-state index is 5.73. The number of anilines is 1. The van der Waals surface area contributed by atoms with E-state index in [2.05, 4.69) is 49.7 Å². The van der Waals surface area contributed by atoms with Crippen LogP contribution in [0.1, 0.15) is 12.8 Å². The average Bonchev–Trinajstić information content (AvgIpc) is 3.20. The van der Waals surface area contributed by atoms with Crippen LogP contribution in [0.25, 0.3) is 11.0 Å². The van der Waals surface area contributed by atoms with Crippen LogP contribution in [0.3, 0.4) is 0 Å². The van der Waals surface area contributed by atoms with Gasteiger partial charge >= 0.3 is 0 Å². The van der Waals surface area contributed by atoms with Crippen molar-refractivity contribution in [1.29, 1.82) is 0 Å². The molecular formula is C23H28N4O2. The largest absolute Gasteiger partial charge is 0.486 e. The van der Waals surface area contributed by atoms with Gasteiger partial charge in [-0.3, -0.25) is 4.90 Å². The van der Waals surface area contributed by atoms with Gasteiger partial charge in [0.1, 0.15) is 13.2 Å². The van der Waals surface area contributed by atoms with Gasteiger partial charge in [0.05, 0.1) is 17.4 Å². The van der Waals surface area contributed by atoms with E-state index >= 15 is 0 Å². The Balaban J connectivity index is 1.07. The summed E-state index contributed by atoms with van der Waals surface area (Å²) < 4.78 is 13.6. The molecule has 29 heavy (non-hydrogen) atoms. The van der Waals surface area contributed by atoms with Crippen LogP contribution >= 0.6 is 0 Å². The number of aromatic nitrogens is 2. The number of hydrogen-bond acceptors (Lipinski definition) is 5. The molecule has 5 rings (SSSR count). The van der Waals surface area contributed by atoms with Gasteiger partial charge in [-0.15, -0.1) is 0 Å². The molecule has 1 fully saturated rings. The van der Waals surface area contributed by atoms with Gasteiger partial charge in [-0.1, -0.05) is 12.1 Å². The standard InChI is InChI=1S/C23H28N4O2/c1-2-6-21-20(5-1)24-18-27(21)10-4-3-9-25-11-13-26(14-12-25)19-7-8-22-23(17-19)29-16-15-28-22/h1-2,5-8,17-18H,3-4,9-16H2. The molecule has 0 radical (unpaired) electrons. The second-order valence-electron chi connectivity index (χ2n) is 7.79. The quantitative estimate of drug-likeness (QED) is 0.602. The summed E-state index contributed by atoms with van der Waals surface area (Å²) in [4.78, 5) is 9.52. The summed E-state index contributed by atoms with van der Waals surface area (Å²) in [5.74, 6) is 1.74. The summed E-state index contributed by atoms with van der Waals surface area (Å²) in [6.45, 7) is 7.84. The summed E-state index contributed by atoms with van der Waals surface area (Å²) in [5.41, 5.74) is 3.56. The fraction of sp³-hybridized carbons (Fsp3) is 0.435. The number of rotatable bonds is 6. The molecule has 0 saturated carbocycles. The van der Waals surface area contributed by atoms with E-state index in [1.54, 1.807) is 0 Å². The first-order valence-electron chi connectivity index (χ1n) is 10.6. The Morgan fingerprint density at radius 2 is 1.62 bits per heavy atom. The molecule has 0 atom stereocenters. The van der Waals surface area contributed by atoms with Gasteiger partial charge < -0.3 is 18.9 Å². The number of hydrogen-bond donors (Lipinski definition) is 0. The number of fused-ring (bicyclic) bond motifs is 2. The molecule has 0 N–H and O–H groups in total. The highest BCUT2D eigenvalue weighted by molar-refractivity contribution is 5.74. The van der Waals surface area contributed by atoms with Gasteiger partial charge in [0, 0.05) is 44.5 Å². The molecule has 3 heterocycles. The van der Waals surface area contributed by atoms with Crippen LogP contribution in [0, 0.1) is 0 Å². The number of ether oxygens (including phenoxy) is 2. The Hall–Kier alpha value is -2.73. The van der Waals surface area contributed by atoms with E-state index in [1.807, 2.05) is 18.5 Å². The first kappa shape index (κ1) is 18.3. The van der Waals surface area contributed by atoms with Crippen LogP contribution in [0.5, 0.6) is 11.5 Å². The molecule has 0 amide bonds. The molecule has 2 aromatic carbocycles. The molecule has 2 aliphatic heterocycles. The maximum Gasteiger partial charge on any atom is 0.163 e. The van der Waals surface area contributed by atoms with Crippen molar-refractivity contribution < 1.29 is 9.47 Å². The SMILES string of the molecule is c1ccc2c(c1)ncn2CCCCN1CCN(c2ccc3c(c2)OCCO3)CC1. The molecule has 0 bridgehead atoms. The van der Waals surface area contributed by atoms with Gasteiger partial charge in [0.2, 0.25) is 0 Å². The van der Waals surface area contributed by atoms with Crippen molar-refractivity contribution in [2.75, 3.05) is 50.8 Å². The zero-order valence-corrected chi connectivity index (χ0v) is 16.8. The van der Waals surface area contributed by atoms with Crippen LogP contribution in [-0.2, 0) is 6.54 Å². The topological polar surface area (TPSA) is 42.8 Å². The molecule has 6 heteroatoms. The molecule has 0 aliphatic carbocycles. The minimum Gasteiger partial charge on any atom is -0.486 e. The number of nitrogens with zero attached hydrogens (tertiary/aromatic N) is 4. The molecule has 0 spiro atoms. The monoisotopic (exact) mass is 392 g/mol. The van der Waals surface area contributed by atoms with Crippen molar-refractivity contribution in [2.45, 2.75) is 19.4 Å². The first-order valence-corrected chi connectivity index (χ1v) is 10.6. The fourth-order valence-corrected chi connectivity index (χ4v) is 4.26. The van der Waals surface area contributed by atoms with Gasteiger partial charge in [0.25, 0.3) is 0 Å². The molecule has 1 aromatic heterocycles. The van der Waals surface area contributed by atoms with Crippen LogP contribution in [0.4, 0.5) is 5.69 Å². The average molecular weight is 393 g/mol. The highest BCUT2D eigenvalue weighted by Gasteiger charge is 2.19.